The first-order valence-corrected chi connectivity index (χ1v) is 7.88. The highest BCUT2D eigenvalue weighted by Gasteiger charge is 2.29. The standard InChI is InChI=1S/C18H18F2N2O3/c1-24-17(23)8-12-10-22(11-12)15-4-2-13(3-5-15)14-6-7-21-16(9-14)25-18(19)20/h2-7,9,12,18H,8,10-11H2,1H3. The Morgan fingerprint density at radius 3 is 2.60 bits per heavy atom. The van der Waals surface area contributed by atoms with Gasteiger partial charge in [0.1, 0.15) is 0 Å². The Balaban J connectivity index is 1.63. The number of hydrogen-bond donors (Lipinski definition) is 0. The largest absolute Gasteiger partial charge is 0.469 e. The number of rotatable bonds is 6. The average Bonchev–Trinajstić information content (AvgIpc) is 2.57. The lowest BCUT2D eigenvalue weighted by Gasteiger charge is -2.40. The second-order valence-corrected chi connectivity index (χ2v) is 5.86. The van der Waals surface area contributed by atoms with Crippen LogP contribution in [0.5, 0.6) is 5.88 Å². The van der Waals surface area contributed by atoms with Gasteiger partial charge in [-0.3, -0.25) is 4.79 Å². The molecule has 1 saturated heterocycles. The van der Waals surface area contributed by atoms with Crippen LogP contribution in [0.1, 0.15) is 6.42 Å². The molecule has 5 nitrogen and oxygen atoms in total. The molecule has 0 saturated carbocycles. The van der Waals surface area contributed by atoms with E-state index < -0.39 is 6.61 Å². The SMILES string of the molecule is COC(=O)CC1CN(c2ccc(-c3ccnc(OC(F)F)c3)cc2)C1. The summed E-state index contributed by atoms with van der Waals surface area (Å²) >= 11 is 0. The maximum atomic E-state index is 12.3. The molecule has 0 amide bonds. The van der Waals surface area contributed by atoms with Crippen LogP contribution in [0.15, 0.2) is 42.6 Å². The summed E-state index contributed by atoms with van der Waals surface area (Å²) in [6.07, 6.45) is 1.88. The van der Waals surface area contributed by atoms with Crippen LogP contribution in [0.3, 0.4) is 0 Å². The van der Waals surface area contributed by atoms with Crippen LogP contribution in [0.4, 0.5) is 14.5 Å². The third kappa shape index (κ3) is 4.23. The summed E-state index contributed by atoms with van der Waals surface area (Å²) in [5.74, 6) is 0.0332. The topological polar surface area (TPSA) is 51.7 Å². The third-order valence-electron chi connectivity index (χ3n) is 4.15. The van der Waals surface area contributed by atoms with Crippen LogP contribution in [0.25, 0.3) is 11.1 Å². The number of benzene rings is 1. The van der Waals surface area contributed by atoms with Gasteiger partial charge in [-0.2, -0.15) is 8.78 Å². The summed E-state index contributed by atoms with van der Waals surface area (Å²) in [6.45, 7) is -1.26. The predicted octanol–water partition coefficient (Wildman–Crippen LogP) is 3.35. The Labute approximate surface area is 144 Å². The molecule has 2 aromatic rings. The van der Waals surface area contributed by atoms with Crippen molar-refractivity contribution in [2.75, 3.05) is 25.1 Å². The van der Waals surface area contributed by atoms with Gasteiger partial charge in [-0.1, -0.05) is 12.1 Å². The molecule has 0 atom stereocenters. The summed E-state index contributed by atoms with van der Waals surface area (Å²) in [5, 5.41) is 0. The summed E-state index contributed by atoms with van der Waals surface area (Å²) in [4.78, 5) is 17.2. The number of carbonyl (C=O) groups is 1. The number of anilines is 1. The lowest BCUT2D eigenvalue weighted by molar-refractivity contribution is -0.141. The van der Waals surface area contributed by atoms with Crippen molar-refractivity contribution < 1.29 is 23.0 Å². The van der Waals surface area contributed by atoms with Gasteiger partial charge in [-0.15, -0.1) is 0 Å². The van der Waals surface area contributed by atoms with Crippen molar-refractivity contribution in [3.8, 4) is 17.0 Å². The van der Waals surface area contributed by atoms with E-state index in [4.69, 9.17) is 0 Å². The van der Waals surface area contributed by atoms with Gasteiger partial charge < -0.3 is 14.4 Å². The molecule has 0 N–H and O–H groups in total. The van der Waals surface area contributed by atoms with E-state index in [9.17, 15) is 13.6 Å². The van der Waals surface area contributed by atoms with Gasteiger partial charge in [0.25, 0.3) is 0 Å². The van der Waals surface area contributed by atoms with E-state index in [-0.39, 0.29) is 11.8 Å². The molecule has 0 aliphatic carbocycles. The Kier molecular flexibility index (Phi) is 5.11. The molecule has 2 heterocycles. The molecule has 0 spiro atoms. The molecule has 1 fully saturated rings. The van der Waals surface area contributed by atoms with Crippen molar-refractivity contribution >= 4 is 11.7 Å². The zero-order chi connectivity index (χ0) is 17.8. The van der Waals surface area contributed by atoms with Crippen LogP contribution >= 0.6 is 0 Å². The molecule has 0 radical (unpaired) electrons. The minimum atomic E-state index is -2.89. The van der Waals surface area contributed by atoms with Crippen molar-refractivity contribution in [2.24, 2.45) is 5.92 Å². The van der Waals surface area contributed by atoms with Crippen molar-refractivity contribution in [3.63, 3.8) is 0 Å². The number of esters is 1. The van der Waals surface area contributed by atoms with E-state index in [1.54, 1.807) is 6.07 Å². The van der Waals surface area contributed by atoms with Crippen LogP contribution < -0.4 is 9.64 Å². The first-order chi connectivity index (χ1) is 12.0. The molecule has 1 aliphatic rings. The number of ether oxygens (including phenoxy) is 2. The van der Waals surface area contributed by atoms with Gasteiger partial charge in [-0.25, -0.2) is 4.98 Å². The smallest absolute Gasteiger partial charge is 0.388 e. The molecule has 0 unspecified atom stereocenters. The minimum Gasteiger partial charge on any atom is -0.469 e. The predicted molar refractivity (Wildman–Crippen MR) is 88.6 cm³/mol. The van der Waals surface area contributed by atoms with Crippen molar-refractivity contribution in [1.29, 1.82) is 0 Å². The maximum Gasteiger partial charge on any atom is 0.388 e. The van der Waals surface area contributed by atoms with Gasteiger partial charge in [0.2, 0.25) is 5.88 Å². The van der Waals surface area contributed by atoms with E-state index in [1.807, 2.05) is 24.3 Å². The summed E-state index contributed by atoms with van der Waals surface area (Å²) in [7, 11) is 1.40. The van der Waals surface area contributed by atoms with E-state index in [0.29, 0.717) is 12.3 Å². The fourth-order valence-corrected chi connectivity index (χ4v) is 2.84. The lowest BCUT2D eigenvalue weighted by Crippen LogP contribution is -2.47. The van der Waals surface area contributed by atoms with E-state index in [0.717, 1.165) is 29.9 Å². The summed E-state index contributed by atoms with van der Waals surface area (Å²) in [5.41, 5.74) is 2.70. The Hall–Kier alpha value is -2.70. The number of halogens is 2. The number of aromatic nitrogens is 1. The lowest BCUT2D eigenvalue weighted by atomic mass is 9.95. The minimum absolute atomic E-state index is 0.107. The van der Waals surface area contributed by atoms with Crippen molar-refractivity contribution in [2.45, 2.75) is 13.0 Å². The van der Waals surface area contributed by atoms with Crippen LogP contribution in [0, 0.1) is 5.92 Å². The van der Waals surface area contributed by atoms with Crippen LogP contribution in [-0.2, 0) is 9.53 Å². The van der Waals surface area contributed by atoms with Gasteiger partial charge in [0.15, 0.2) is 0 Å². The van der Waals surface area contributed by atoms with E-state index in [2.05, 4.69) is 19.4 Å². The van der Waals surface area contributed by atoms with Gasteiger partial charge in [-0.05, 0) is 29.3 Å². The normalized spacial score (nSPS) is 14.3. The Morgan fingerprint density at radius 1 is 1.24 bits per heavy atom. The van der Waals surface area contributed by atoms with Crippen molar-refractivity contribution in [1.82, 2.24) is 4.98 Å². The second-order valence-electron chi connectivity index (χ2n) is 5.86. The van der Waals surface area contributed by atoms with Crippen molar-refractivity contribution in [3.05, 3.63) is 42.6 Å². The quantitative estimate of drug-likeness (QED) is 0.750. The summed E-state index contributed by atoms with van der Waals surface area (Å²) < 4.78 is 33.6. The first-order valence-electron chi connectivity index (χ1n) is 7.88. The van der Waals surface area contributed by atoms with Gasteiger partial charge in [0, 0.05) is 37.0 Å². The molecule has 0 bridgehead atoms. The fraction of sp³-hybridized carbons (Fsp3) is 0.333. The number of hydrogen-bond acceptors (Lipinski definition) is 5. The van der Waals surface area contributed by atoms with E-state index in [1.165, 1.54) is 19.4 Å². The van der Waals surface area contributed by atoms with Crippen LogP contribution in [-0.4, -0.2) is 37.8 Å². The number of carbonyl (C=O) groups excluding carboxylic acids is 1. The zero-order valence-corrected chi connectivity index (χ0v) is 13.7. The molecule has 132 valence electrons. The average molecular weight is 348 g/mol. The number of nitrogens with zero attached hydrogens (tertiary/aromatic N) is 2. The highest BCUT2D eigenvalue weighted by atomic mass is 19.3. The molecule has 1 aromatic heterocycles. The van der Waals surface area contributed by atoms with Crippen LogP contribution in [0.2, 0.25) is 0 Å². The first kappa shape index (κ1) is 17.1. The zero-order valence-electron chi connectivity index (χ0n) is 13.7. The number of alkyl halides is 2. The summed E-state index contributed by atoms with van der Waals surface area (Å²) in [6, 6.07) is 11.0. The van der Waals surface area contributed by atoms with Gasteiger partial charge >= 0.3 is 12.6 Å². The Bertz CT molecular complexity index is 731. The fourth-order valence-electron chi connectivity index (χ4n) is 2.84. The highest BCUT2D eigenvalue weighted by Crippen LogP contribution is 2.30. The molecular formula is C18H18F2N2O3. The Morgan fingerprint density at radius 2 is 1.96 bits per heavy atom. The molecular weight excluding hydrogens is 330 g/mol. The third-order valence-corrected chi connectivity index (χ3v) is 4.15. The number of methoxy groups -OCH3 is 1. The molecule has 1 aliphatic heterocycles. The van der Waals surface area contributed by atoms with Gasteiger partial charge in [0.05, 0.1) is 13.5 Å². The highest BCUT2D eigenvalue weighted by molar-refractivity contribution is 5.70. The van der Waals surface area contributed by atoms with E-state index >= 15 is 0 Å². The molecule has 25 heavy (non-hydrogen) atoms. The maximum absolute atomic E-state index is 12.3. The molecule has 1 aromatic carbocycles. The molecule has 7 heteroatoms. The number of pyridine rings is 1. The molecule has 3 rings (SSSR count). The monoisotopic (exact) mass is 348 g/mol. The second kappa shape index (κ2) is 7.46.